The molecule has 3 aromatic rings. The van der Waals surface area contributed by atoms with E-state index in [1.54, 1.807) is 18.5 Å². The van der Waals surface area contributed by atoms with Crippen LogP contribution >= 0.6 is 0 Å². The first-order chi connectivity index (χ1) is 12.6. The van der Waals surface area contributed by atoms with Gasteiger partial charge in [0, 0.05) is 31.0 Å². The van der Waals surface area contributed by atoms with Crippen molar-refractivity contribution >= 4 is 15.7 Å². The van der Waals surface area contributed by atoms with Gasteiger partial charge in [0.15, 0.2) is 0 Å². The number of nitrogens with one attached hydrogen (secondary N) is 1. The molecule has 0 bridgehead atoms. The third-order valence-electron chi connectivity index (χ3n) is 4.23. The fraction of sp³-hybridized carbons (Fsp3) is 0.167. The van der Waals surface area contributed by atoms with E-state index in [1.807, 2.05) is 36.4 Å². The smallest absolute Gasteiger partial charge is 0.270 e. The van der Waals surface area contributed by atoms with Gasteiger partial charge in [0.1, 0.15) is 11.4 Å². The lowest BCUT2D eigenvalue weighted by Gasteiger charge is -2.09. The van der Waals surface area contributed by atoms with Crippen molar-refractivity contribution in [1.82, 2.24) is 19.9 Å². The van der Waals surface area contributed by atoms with Crippen molar-refractivity contribution in [3.05, 3.63) is 66.1 Å². The summed E-state index contributed by atoms with van der Waals surface area (Å²) in [6, 6.07) is 12.8. The molecule has 0 radical (unpaired) electrons. The molecule has 0 aliphatic carbocycles. The van der Waals surface area contributed by atoms with Gasteiger partial charge in [0.05, 0.1) is 5.75 Å². The van der Waals surface area contributed by atoms with E-state index in [-0.39, 0.29) is 29.1 Å². The van der Waals surface area contributed by atoms with E-state index < -0.39 is 9.84 Å². The number of sulfone groups is 1. The molecule has 0 spiro atoms. The standard InChI is InChI=1S/C18H16N4O3S/c23-17(20-12-13-5-4-8-19-11-13)16-15(14-6-2-1-3-7-14)21-18-22(16)9-10-26(18,24)25/h1-8,11H,9-10,12H2,(H,20,23). The average molecular weight is 368 g/mol. The molecule has 26 heavy (non-hydrogen) atoms. The Bertz CT molecular complexity index is 1060. The van der Waals surface area contributed by atoms with Gasteiger partial charge in [0.2, 0.25) is 15.0 Å². The number of hydrogen-bond acceptors (Lipinski definition) is 5. The monoisotopic (exact) mass is 368 g/mol. The molecule has 1 amide bonds. The summed E-state index contributed by atoms with van der Waals surface area (Å²) in [6.07, 6.45) is 3.33. The normalized spacial score (nSPS) is 14.8. The van der Waals surface area contributed by atoms with Crippen LogP contribution in [0.15, 0.2) is 60.0 Å². The highest BCUT2D eigenvalue weighted by molar-refractivity contribution is 7.91. The van der Waals surface area contributed by atoms with E-state index in [2.05, 4.69) is 15.3 Å². The quantitative estimate of drug-likeness (QED) is 0.756. The SMILES string of the molecule is O=C(NCc1cccnc1)c1c(-c2ccccc2)nc2n1CCS2(=O)=O. The highest BCUT2D eigenvalue weighted by Crippen LogP contribution is 2.30. The largest absolute Gasteiger partial charge is 0.347 e. The summed E-state index contributed by atoms with van der Waals surface area (Å²) in [5, 5.41) is 2.79. The Labute approximate surface area is 150 Å². The minimum absolute atomic E-state index is 0.0344. The number of benzene rings is 1. The summed E-state index contributed by atoms with van der Waals surface area (Å²) >= 11 is 0. The second-order valence-electron chi connectivity index (χ2n) is 5.97. The second kappa shape index (κ2) is 6.38. The first-order valence-electron chi connectivity index (χ1n) is 8.12. The molecule has 1 N–H and O–H groups in total. The molecule has 4 rings (SSSR count). The second-order valence-corrected chi connectivity index (χ2v) is 7.97. The lowest BCUT2D eigenvalue weighted by molar-refractivity contribution is 0.0942. The molecule has 1 aromatic carbocycles. The number of amides is 1. The molecule has 0 unspecified atom stereocenters. The number of carbonyl (C=O) groups is 1. The fourth-order valence-corrected chi connectivity index (χ4v) is 4.33. The number of imidazole rings is 1. The summed E-state index contributed by atoms with van der Waals surface area (Å²) in [5.41, 5.74) is 2.22. The predicted molar refractivity (Wildman–Crippen MR) is 95.1 cm³/mol. The predicted octanol–water partition coefficient (Wildman–Crippen LogP) is 1.66. The van der Waals surface area contributed by atoms with E-state index in [1.165, 1.54) is 4.57 Å². The van der Waals surface area contributed by atoms with Gasteiger partial charge in [-0.2, -0.15) is 0 Å². The van der Waals surface area contributed by atoms with Gasteiger partial charge in [-0.3, -0.25) is 9.78 Å². The van der Waals surface area contributed by atoms with Gasteiger partial charge in [-0.05, 0) is 11.6 Å². The van der Waals surface area contributed by atoms with Crippen LogP contribution in [0, 0.1) is 0 Å². The zero-order valence-electron chi connectivity index (χ0n) is 13.8. The van der Waals surface area contributed by atoms with E-state index >= 15 is 0 Å². The number of hydrogen-bond donors (Lipinski definition) is 1. The molecule has 0 saturated heterocycles. The van der Waals surface area contributed by atoms with Crippen LogP contribution in [0.2, 0.25) is 0 Å². The van der Waals surface area contributed by atoms with Crippen LogP contribution in [0.4, 0.5) is 0 Å². The third kappa shape index (κ3) is 2.88. The minimum Gasteiger partial charge on any atom is -0.347 e. The number of carbonyl (C=O) groups excluding carboxylic acids is 1. The number of nitrogens with zero attached hydrogens (tertiary/aromatic N) is 3. The number of pyridine rings is 1. The zero-order chi connectivity index (χ0) is 18.1. The maximum atomic E-state index is 12.9. The Balaban J connectivity index is 1.73. The van der Waals surface area contributed by atoms with Gasteiger partial charge < -0.3 is 9.88 Å². The Hall–Kier alpha value is -3.00. The lowest BCUT2D eigenvalue weighted by atomic mass is 10.1. The first kappa shape index (κ1) is 16.5. The first-order valence-corrected chi connectivity index (χ1v) is 9.77. The van der Waals surface area contributed by atoms with Gasteiger partial charge in [-0.1, -0.05) is 36.4 Å². The molecule has 0 saturated carbocycles. The van der Waals surface area contributed by atoms with Crippen LogP contribution in [0.3, 0.4) is 0 Å². The van der Waals surface area contributed by atoms with Crippen LogP contribution < -0.4 is 5.32 Å². The molecule has 1 aliphatic heterocycles. The summed E-state index contributed by atoms with van der Waals surface area (Å²) in [5.74, 6) is -0.392. The van der Waals surface area contributed by atoms with Crippen molar-refractivity contribution in [2.75, 3.05) is 5.75 Å². The maximum absolute atomic E-state index is 12.9. The van der Waals surface area contributed by atoms with Crippen LogP contribution in [-0.2, 0) is 22.9 Å². The fourth-order valence-electron chi connectivity index (χ4n) is 2.98. The van der Waals surface area contributed by atoms with Crippen molar-refractivity contribution in [1.29, 1.82) is 0 Å². The zero-order valence-corrected chi connectivity index (χ0v) is 14.6. The van der Waals surface area contributed by atoms with Crippen LogP contribution in [0.5, 0.6) is 0 Å². The molecule has 8 heteroatoms. The number of rotatable bonds is 4. The molecule has 2 aromatic heterocycles. The highest BCUT2D eigenvalue weighted by Gasteiger charge is 2.35. The molecule has 3 heterocycles. The molecule has 1 aliphatic rings. The van der Waals surface area contributed by atoms with E-state index in [0.717, 1.165) is 5.56 Å². The summed E-state index contributed by atoms with van der Waals surface area (Å²) in [7, 11) is -3.45. The minimum atomic E-state index is -3.45. The number of fused-ring (bicyclic) bond motifs is 1. The Kier molecular flexibility index (Phi) is 4.04. The molecule has 132 valence electrons. The molecule has 0 fully saturated rings. The van der Waals surface area contributed by atoms with Crippen LogP contribution in [0.1, 0.15) is 16.1 Å². The molecule has 0 atom stereocenters. The van der Waals surface area contributed by atoms with E-state index in [4.69, 9.17) is 0 Å². The van der Waals surface area contributed by atoms with Crippen LogP contribution in [0.25, 0.3) is 11.3 Å². The highest BCUT2D eigenvalue weighted by atomic mass is 32.2. The van der Waals surface area contributed by atoms with Gasteiger partial charge in [-0.15, -0.1) is 0 Å². The van der Waals surface area contributed by atoms with E-state index in [0.29, 0.717) is 17.8 Å². The average Bonchev–Trinajstić information content (AvgIpc) is 3.19. The van der Waals surface area contributed by atoms with Crippen LogP contribution in [-0.4, -0.2) is 34.6 Å². The Morgan fingerprint density at radius 2 is 1.96 bits per heavy atom. The molecule has 7 nitrogen and oxygen atoms in total. The maximum Gasteiger partial charge on any atom is 0.270 e. The molecular weight excluding hydrogens is 352 g/mol. The van der Waals surface area contributed by atoms with E-state index in [9.17, 15) is 13.2 Å². The third-order valence-corrected chi connectivity index (χ3v) is 5.82. The number of aromatic nitrogens is 3. The lowest BCUT2D eigenvalue weighted by Crippen LogP contribution is -2.26. The van der Waals surface area contributed by atoms with Crippen molar-refractivity contribution < 1.29 is 13.2 Å². The van der Waals surface area contributed by atoms with Crippen molar-refractivity contribution in [3.8, 4) is 11.3 Å². The topological polar surface area (TPSA) is 93.9 Å². The van der Waals surface area contributed by atoms with Crippen molar-refractivity contribution in [3.63, 3.8) is 0 Å². The van der Waals surface area contributed by atoms with Gasteiger partial charge >= 0.3 is 0 Å². The summed E-state index contributed by atoms with van der Waals surface area (Å²) in [4.78, 5) is 21.2. The summed E-state index contributed by atoms with van der Waals surface area (Å²) in [6.45, 7) is 0.529. The van der Waals surface area contributed by atoms with Gasteiger partial charge in [-0.25, -0.2) is 13.4 Å². The van der Waals surface area contributed by atoms with Crippen molar-refractivity contribution in [2.45, 2.75) is 18.2 Å². The Morgan fingerprint density at radius 3 is 2.69 bits per heavy atom. The molecular formula is C18H16N4O3S. The van der Waals surface area contributed by atoms with Crippen molar-refractivity contribution in [2.24, 2.45) is 0 Å². The summed E-state index contributed by atoms with van der Waals surface area (Å²) < 4.78 is 26.0. The Morgan fingerprint density at radius 1 is 1.15 bits per heavy atom. The van der Waals surface area contributed by atoms with Gasteiger partial charge in [0.25, 0.3) is 5.91 Å².